The lowest BCUT2D eigenvalue weighted by Gasteiger charge is -2.30. The monoisotopic (exact) mass is 493 g/mol. The minimum atomic E-state index is -1.17. The van der Waals surface area contributed by atoms with Gasteiger partial charge in [-0.1, -0.05) is 0 Å². The smallest absolute Gasteiger partial charge is 0.163 e. The maximum atomic E-state index is 15.7. The van der Waals surface area contributed by atoms with Crippen molar-refractivity contribution in [2.24, 2.45) is 0 Å². The van der Waals surface area contributed by atoms with Gasteiger partial charge >= 0.3 is 0 Å². The number of hydrogen-bond acceptors (Lipinski definition) is 4. The Morgan fingerprint density at radius 1 is 1.11 bits per heavy atom. The van der Waals surface area contributed by atoms with Crippen molar-refractivity contribution in [3.05, 3.63) is 70.7 Å². The van der Waals surface area contributed by atoms with Crippen LogP contribution in [0, 0.1) is 24.4 Å². The molecule has 7 heteroatoms. The lowest BCUT2D eigenvalue weighted by Crippen LogP contribution is -2.27. The van der Waals surface area contributed by atoms with Gasteiger partial charge in [-0.3, -0.25) is 9.78 Å². The van der Waals surface area contributed by atoms with Gasteiger partial charge in [0, 0.05) is 35.2 Å². The van der Waals surface area contributed by atoms with Crippen molar-refractivity contribution in [3.63, 3.8) is 0 Å². The number of rotatable bonds is 4. The van der Waals surface area contributed by atoms with Crippen LogP contribution in [0.15, 0.2) is 36.5 Å². The van der Waals surface area contributed by atoms with E-state index >= 15 is 8.78 Å². The molecule has 1 atom stereocenters. The van der Waals surface area contributed by atoms with Gasteiger partial charge in [0.1, 0.15) is 29.3 Å². The fraction of sp³-hybridized carbons (Fsp3) is 0.310. The van der Waals surface area contributed by atoms with Crippen LogP contribution in [-0.2, 0) is 16.0 Å². The molecule has 1 aliphatic heterocycles. The van der Waals surface area contributed by atoms with E-state index in [4.69, 9.17) is 9.47 Å². The molecule has 0 spiro atoms. The van der Waals surface area contributed by atoms with Crippen molar-refractivity contribution >= 4 is 27.5 Å². The van der Waals surface area contributed by atoms with Crippen molar-refractivity contribution in [3.8, 4) is 16.9 Å². The number of halogens is 3. The Bertz CT molecular complexity index is 1550. The highest BCUT2D eigenvalue weighted by molar-refractivity contribution is 6.09. The molecule has 4 aromatic rings. The number of carbonyl (C=O) groups is 1. The average molecular weight is 494 g/mol. The fourth-order valence-electron chi connectivity index (χ4n) is 5.05. The Labute approximate surface area is 207 Å². The lowest BCUT2D eigenvalue weighted by molar-refractivity contribution is -0.138. The van der Waals surface area contributed by atoms with E-state index in [2.05, 4.69) is 4.98 Å². The molecule has 0 saturated carbocycles. The van der Waals surface area contributed by atoms with Crippen LogP contribution in [0.2, 0.25) is 0 Å². The normalized spacial score (nSPS) is 14.2. The highest BCUT2D eigenvalue weighted by atomic mass is 19.1. The van der Waals surface area contributed by atoms with Crippen molar-refractivity contribution in [2.75, 3.05) is 6.61 Å². The number of hydrogen-bond donors (Lipinski definition) is 0. The highest BCUT2D eigenvalue weighted by Gasteiger charge is 2.33. The predicted molar refractivity (Wildman–Crippen MR) is 133 cm³/mol. The minimum Gasteiger partial charge on any atom is -0.493 e. The molecule has 0 bridgehead atoms. The van der Waals surface area contributed by atoms with Crippen molar-refractivity contribution in [1.29, 1.82) is 0 Å². The number of ketones is 1. The summed E-state index contributed by atoms with van der Waals surface area (Å²) >= 11 is 0. The van der Waals surface area contributed by atoms with Gasteiger partial charge in [0.05, 0.1) is 23.1 Å². The van der Waals surface area contributed by atoms with Gasteiger partial charge in [-0.05, 0) is 81.0 Å². The first-order valence-corrected chi connectivity index (χ1v) is 11.8. The molecular formula is C29H26F3NO3. The van der Waals surface area contributed by atoms with Crippen molar-refractivity contribution in [2.45, 2.75) is 52.7 Å². The van der Waals surface area contributed by atoms with E-state index in [1.165, 1.54) is 13.8 Å². The first-order valence-electron chi connectivity index (χ1n) is 11.8. The second-order valence-electron chi connectivity index (χ2n) is 10.2. The maximum Gasteiger partial charge on any atom is 0.163 e. The van der Waals surface area contributed by atoms with Crippen molar-refractivity contribution < 1.29 is 27.4 Å². The Hall–Kier alpha value is -3.45. The molecule has 186 valence electrons. The molecule has 3 aromatic carbocycles. The zero-order chi connectivity index (χ0) is 25.9. The molecule has 0 N–H and O–H groups in total. The second-order valence-corrected chi connectivity index (χ2v) is 10.2. The number of carbonyl (C=O) groups excluding carboxylic acids is 1. The Balaban J connectivity index is 1.99. The zero-order valence-electron chi connectivity index (χ0n) is 20.8. The summed E-state index contributed by atoms with van der Waals surface area (Å²) < 4.78 is 57.4. The molecule has 4 nitrogen and oxygen atoms in total. The molecule has 1 aliphatic rings. The third-order valence-electron chi connectivity index (χ3n) is 6.49. The number of aromatic nitrogens is 1. The first-order chi connectivity index (χ1) is 17.0. The van der Waals surface area contributed by atoms with Gasteiger partial charge in [0.15, 0.2) is 5.78 Å². The van der Waals surface area contributed by atoms with Crippen LogP contribution >= 0.6 is 0 Å². The number of ether oxygens (including phenoxy) is 2. The van der Waals surface area contributed by atoms with Gasteiger partial charge in [-0.25, -0.2) is 13.2 Å². The third-order valence-corrected chi connectivity index (χ3v) is 6.49. The zero-order valence-corrected chi connectivity index (χ0v) is 20.8. The van der Waals surface area contributed by atoms with E-state index < -0.39 is 29.2 Å². The summed E-state index contributed by atoms with van der Waals surface area (Å²) in [5.41, 5.74) is 1.92. The van der Waals surface area contributed by atoms with Gasteiger partial charge < -0.3 is 9.47 Å². The molecule has 5 rings (SSSR count). The summed E-state index contributed by atoms with van der Waals surface area (Å²) in [5, 5.41) is 0.450. The Kier molecular flexibility index (Phi) is 5.79. The quantitative estimate of drug-likeness (QED) is 0.303. The molecule has 0 aliphatic carbocycles. The second kappa shape index (κ2) is 8.59. The van der Waals surface area contributed by atoms with Crippen LogP contribution in [0.1, 0.15) is 50.5 Å². The van der Waals surface area contributed by atoms with Gasteiger partial charge in [-0.2, -0.15) is 0 Å². The fourth-order valence-corrected chi connectivity index (χ4v) is 5.05. The summed E-state index contributed by atoms with van der Waals surface area (Å²) in [6.45, 7) is 8.73. The lowest BCUT2D eigenvalue weighted by atomic mass is 9.84. The molecule has 0 fully saturated rings. The van der Waals surface area contributed by atoms with Crippen LogP contribution in [0.4, 0.5) is 13.2 Å². The average Bonchev–Trinajstić information content (AvgIpc) is 2.80. The van der Waals surface area contributed by atoms with Gasteiger partial charge in [-0.15, -0.1) is 0 Å². The minimum absolute atomic E-state index is 0.00795. The number of pyridine rings is 1. The highest BCUT2D eigenvalue weighted by Crippen LogP contribution is 2.46. The Morgan fingerprint density at radius 2 is 1.86 bits per heavy atom. The standard InChI is InChI=1S/C29H26F3NO3/c1-14-22(28(15(2)34)36-29(3,4)5)24(19-12-17(30)13-20(31)25(19)26(14)32)18-6-7-21-23-16(9-11-35-21)8-10-33-27(18)23/h6-8,10,12-13,28H,9,11H2,1-5H3. The van der Waals surface area contributed by atoms with Gasteiger partial charge in [0.2, 0.25) is 0 Å². The Morgan fingerprint density at radius 3 is 2.56 bits per heavy atom. The number of benzene rings is 3. The predicted octanol–water partition coefficient (Wildman–Crippen LogP) is 7.16. The summed E-state index contributed by atoms with van der Waals surface area (Å²) in [6, 6.07) is 7.19. The number of Topliss-reactive ketones (excluding diaryl/α,β-unsaturated/α-hetero) is 1. The number of nitrogens with zero attached hydrogens (tertiary/aromatic N) is 1. The van der Waals surface area contributed by atoms with Crippen LogP contribution < -0.4 is 4.74 Å². The molecule has 2 heterocycles. The van der Waals surface area contributed by atoms with E-state index in [-0.39, 0.29) is 27.7 Å². The molecule has 0 amide bonds. The summed E-state index contributed by atoms with van der Waals surface area (Å²) in [6.07, 6.45) is 1.18. The van der Waals surface area contributed by atoms with Crippen LogP contribution in [-0.4, -0.2) is 23.0 Å². The van der Waals surface area contributed by atoms with E-state index in [0.29, 0.717) is 41.5 Å². The largest absolute Gasteiger partial charge is 0.493 e. The van der Waals surface area contributed by atoms with Gasteiger partial charge in [0.25, 0.3) is 0 Å². The molecule has 1 unspecified atom stereocenters. The molecule has 36 heavy (non-hydrogen) atoms. The van der Waals surface area contributed by atoms with E-state index in [9.17, 15) is 9.18 Å². The first kappa shape index (κ1) is 24.3. The SMILES string of the molecule is CC(=O)C(OC(C)(C)C)c1c(C)c(F)c2c(F)cc(F)cc2c1-c1ccc2c3c(ccnc13)CCO2. The molecule has 1 aromatic heterocycles. The van der Waals surface area contributed by atoms with E-state index in [1.54, 1.807) is 39.1 Å². The maximum absolute atomic E-state index is 15.7. The van der Waals surface area contributed by atoms with Crippen LogP contribution in [0.5, 0.6) is 5.75 Å². The number of fused-ring (bicyclic) bond motifs is 1. The summed E-state index contributed by atoms with van der Waals surface area (Å²) in [4.78, 5) is 17.5. The third kappa shape index (κ3) is 3.91. The summed E-state index contributed by atoms with van der Waals surface area (Å²) in [5.74, 6) is -2.44. The molecule has 0 radical (unpaired) electrons. The molecule has 0 saturated heterocycles. The van der Waals surface area contributed by atoms with E-state index in [0.717, 1.165) is 17.0 Å². The van der Waals surface area contributed by atoms with Crippen LogP contribution in [0.3, 0.4) is 0 Å². The van der Waals surface area contributed by atoms with Crippen LogP contribution in [0.25, 0.3) is 32.8 Å². The summed E-state index contributed by atoms with van der Waals surface area (Å²) in [7, 11) is 0. The van der Waals surface area contributed by atoms with E-state index in [1.807, 2.05) is 6.07 Å². The topological polar surface area (TPSA) is 48.4 Å². The van der Waals surface area contributed by atoms with Crippen molar-refractivity contribution in [1.82, 2.24) is 4.98 Å². The molecular weight excluding hydrogens is 467 g/mol.